The van der Waals surface area contributed by atoms with Gasteiger partial charge in [-0.3, -0.25) is 5.32 Å². The molecule has 1 amide bonds. The summed E-state index contributed by atoms with van der Waals surface area (Å²) in [6, 6.07) is 12.6. The molecular weight excluding hydrogens is 382 g/mol. The third-order valence-electron chi connectivity index (χ3n) is 2.65. The molecule has 0 fully saturated rings. The molecule has 23 heavy (non-hydrogen) atoms. The van der Waals surface area contributed by atoms with Crippen molar-refractivity contribution in [2.75, 3.05) is 5.32 Å². The molecule has 2 rings (SSSR count). The molecule has 0 saturated heterocycles. The molecule has 0 heterocycles. The zero-order chi connectivity index (χ0) is 17.0. The number of ether oxygens (including phenoxy) is 2. The third kappa shape index (κ3) is 5.15. The van der Waals surface area contributed by atoms with Crippen LogP contribution in [0, 0.1) is 0 Å². The van der Waals surface area contributed by atoms with Crippen LogP contribution in [-0.4, -0.2) is 11.7 Å². The second-order valence-corrected chi connectivity index (χ2v) is 6.98. The highest BCUT2D eigenvalue weighted by atomic mass is 79.9. The first kappa shape index (κ1) is 17.6. The van der Waals surface area contributed by atoms with E-state index in [1.807, 2.05) is 30.3 Å². The second-order valence-electron chi connectivity index (χ2n) is 5.78. The van der Waals surface area contributed by atoms with Gasteiger partial charge in [-0.25, -0.2) is 4.79 Å². The first-order valence-electron chi connectivity index (χ1n) is 6.97. The Bertz CT molecular complexity index is 699. The lowest BCUT2D eigenvalue weighted by Gasteiger charge is -2.20. The molecule has 0 spiro atoms. The normalized spacial score (nSPS) is 11.0. The predicted molar refractivity (Wildman–Crippen MR) is 95.5 cm³/mol. The van der Waals surface area contributed by atoms with Crippen LogP contribution in [0.15, 0.2) is 46.9 Å². The van der Waals surface area contributed by atoms with Gasteiger partial charge in [0.2, 0.25) is 0 Å². The van der Waals surface area contributed by atoms with Crippen LogP contribution in [0.2, 0.25) is 5.02 Å². The molecule has 0 atom stereocenters. The summed E-state index contributed by atoms with van der Waals surface area (Å²) in [5.41, 5.74) is -0.0682. The van der Waals surface area contributed by atoms with E-state index in [0.717, 1.165) is 0 Å². The quantitative estimate of drug-likeness (QED) is 0.665. The Morgan fingerprint density at radius 1 is 1.13 bits per heavy atom. The van der Waals surface area contributed by atoms with Gasteiger partial charge in [0, 0.05) is 0 Å². The summed E-state index contributed by atoms with van der Waals surface area (Å²) in [7, 11) is 0. The summed E-state index contributed by atoms with van der Waals surface area (Å²) in [5.74, 6) is 1.07. The lowest BCUT2D eigenvalue weighted by atomic mass is 10.2. The van der Waals surface area contributed by atoms with Crippen LogP contribution in [0.1, 0.15) is 20.8 Å². The summed E-state index contributed by atoms with van der Waals surface area (Å²) >= 11 is 9.61. The van der Waals surface area contributed by atoms with Gasteiger partial charge in [0.15, 0.2) is 5.75 Å². The van der Waals surface area contributed by atoms with Crippen LogP contribution < -0.4 is 10.1 Å². The Morgan fingerprint density at radius 3 is 2.39 bits per heavy atom. The van der Waals surface area contributed by atoms with Crippen LogP contribution in [0.4, 0.5) is 10.5 Å². The molecule has 122 valence electrons. The second kappa shape index (κ2) is 7.23. The lowest BCUT2D eigenvalue weighted by molar-refractivity contribution is 0.0636. The molecule has 2 aromatic rings. The van der Waals surface area contributed by atoms with Crippen molar-refractivity contribution in [2.24, 2.45) is 0 Å². The summed E-state index contributed by atoms with van der Waals surface area (Å²) in [4.78, 5) is 11.9. The number of para-hydroxylation sites is 1. The number of carbonyl (C=O) groups excluding carboxylic acids is 1. The van der Waals surface area contributed by atoms with E-state index < -0.39 is 11.7 Å². The minimum absolute atomic E-state index is 0.423. The molecule has 0 aliphatic carbocycles. The molecule has 0 saturated carbocycles. The molecule has 0 aromatic heterocycles. The summed E-state index contributed by atoms with van der Waals surface area (Å²) in [6.45, 7) is 5.40. The molecule has 1 N–H and O–H groups in total. The fourth-order valence-electron chi connectivity index (χ4n) is 1.74. The standard InChI is InChI=1S/C17H17BrClNO3/c1-17(2,3)23-16(21)20-13-10-9-12(19)15(14(13)18)22-11-7-5-4-6-8-11/h4-10H,1-3H3,(H,20,21). The Balaban J connectivity index is 2.23. The fraction of sp³-hybridized carbons (Fsp3) is 0.235. The van der Waals surface area contributed by atoms with Gasteiger partial charge < -0.3 is 9.47 Å². The van der Waals surface area contributed by atoms with Gasteiger partial charge in [0.05, 0.1) is 15.2 Å². The van der Waals surface area contributed by atoms with Crippen molar-refractivity contribution in [2.45, 2.75) is 26.4 Å². The smallest absolute Gasteiger partial charge is 0.412 e. The van der Waals surface area contributed by atoms with Gasteiger partial charge >= 0.3 is 6.09 Å². The average Bonchev–Trinajstić information content (AvgIpc) is 2.46. The first-order valence-corrected chi connectivity index (χ1v) is 8.14. The molecule has 0 bridgehead atoms. The Morgan fingerprint density at radius 2 is 1.78 bits per heavy atom. The van der Waals surface area contributed by atoms with E-state index in [1.54, 1.807) is 32.9 Å². The van der Waals surface area contributed by atoms with Crippen molar-refractivity contribution in [3.05, 3.63) is 52.0 Å². The number of anilines is 1. The molecule has 0 radical (unpaired) electrons. The van der Waals surface area contributed by atoms with Crippen molar-refractivity contribution >= 4 is 39.3 Å². The highest BCUT2D eigenvalue weighted by Gasteiger charge is 2.19. The number of halogens is 2. The molecular formula is C17H17BrClNO3. The lowest BCUT2D eigenvalue weighted by Crippen LogP contribution is -2.27. The molecule has 2 aromatic carbocycles. The summed E-state index contributed by atoms with van der Waals surface area (Å²) in [5, 5.41) is 3.10. The largest absolute Gasteiger partial charge is 0.455 e. The minimum atomic E-state index is -0.577. The SMILES string of the molecule is CC(C)(C)OC(=O)Nc1ccc(Cl)c(Oc2ccccc2)c1Br. The minimum Gasteiger partial charge on any atom is -0.455 e. The third-order valence-corrected chi connectivity index (χ3v) is 3.73. The van der Waals surface area contributed by atoms with E-state index in [0.29, 0.717) is 26.7 Å². The van der Waals surface area contributed by atoms with Crippen molar-refractivity contribution in [3.8, 4) is 11.5 Å². The van der Waals surface area contributed by atoms with Crippen LogP contribution in [0.5, 0.6) is 11.5 Å². The molecule has 0 aliphatic heterocycles. The van der Waals surface area contributed by atoms with E-state index >= 15 is 0 Å². The molecule has 0 aliphatic rings. The number of rotatable bonds is 3. The number of hydrogen-bond donors (Lipinski definition) is 1. The maximum atomic E-state index is 11.9. The zero-order valence-electron chi connectivity index (χ0n) is 13.0. The zero-order valence-corrected chi connectivity index (χ0v) is 15.4. The van der Waals surface area contributed by atoms with Crippen LogP contribution in [0.25, 0.3) is 0 Å². The van der Waals surface area contributed by atoms with Gasteiger partial charge in [-0.1, -0.05) is 29.8 Å². The van der Waals surface area contributed by atoms with Crippen molar-refractivity contribution in [1.29, 1.82) is 0 Å². The van der Waals surface area contributed by atoms with Crippen LogP contribution in [-0.2, 0) is 4.74 Å². The molecule has 4 nitrogen and oxygen atoms in total. The topological polar surface area (TPSA) is 47.6 Å². The number of benzene rings is 2. The Labute approximate surface area is 148 Å². The van der Waals surface area contributed by atoms with Gasteiger partial charge in [0.1, 0.15) is 11.4 Å². The molecule has 6 heteroatoms. The van der Waals surface area contributed by atoms with Gasteiger partial charge in [-0.2, -0.15) is 0 Å². The van der Waals surface area contributed by atoms with E-state index in [1.165, 1.54) is 0 Å². The van der Waals surface area contributed by atoms with E-state index in [-0.39, 0.29) is 0 Å². The Hall–Kier alpha value is -1.72. The highest BCUT2D eigenvalue weighted by Crippen LogP contribution is 2.41. The van der Waals surface area contributed by atoms with Gasteiger partial charge in [-0.05, 0) is 61.0 Å². The monoisotopic (exact) mass is 397 g/mol. The highest BCUT2D eigenvalue weighted by molar-refractivity contribution is 9.10. The van der Waals surface area contributed by atoms with Crippen LogP contribution >= 0.6 is 27.5 Å². The summed E-state index contributed by atoms with van der Waals surface area (Å²) < 4.78 is 11.6. The van der Waals surface area contributed by atoms with Gasteiger partial charge in [-0.15, -0.1) is 0 Å². The summed E-state index contributed by atoms with van der Waals surface area (Å²) in [6.07, 6.45) is -0.550. The molecule has 0 unspecified atom stereocenters. The van der Waals surface area contributed by atoms with Crippen molar-refractivity contribution < 1.29 is 14.3 Å². The average molecular weight is 399 g/mol. The van der Waals surface area contributed by atoms with Crippen LogP contribution in [0.3, 0.4) is 0 Å². The maximum Gasteiger partial charge on any atom is 0.412 e. The number of nitrogens with one attached hydrogen (secondary N) is 1. The van der Waals surface area contributed by atoms with E-state index in [2.05, 4.69) is 21.2 Å². The number of amides is 1. The number of carbonyl (C=O) groups is 1. The maximum absolute atomic E-state index is 11.9. The van der Waals surface area contributed by atoms with E-state index in [9.17, 15) is 4.79 Å². The fourth-order valence-corrected chi connectivity index (χ4v) is 2.58. The van der Waals surface area contributed by atoms with Gasteiger partial charge in [0.25, 0.3) is 0 Å². The Kier molecular flexibility index (Phi) is 5.55. The van der Waals surface area contributed by atoms with E-state index in [4.69, 9.17) is 21.1 Å². The predicted octanol–water partition coefficient (Wildman–Crippen LogP) is 6.24. The van der Waals surface area contributed by atoms with Crippen molar-refractivity contribution in [1.82, 2.24) is 0 Å². The number of hydrogen-bond acceptors (Lipinski definition) is 3. The van der Waals surface area contributed by atoms with Crippen molar-refractivity contribution in [3.63, 3.8) is 0 Å². The first-order chi connectivity index (χ1) is 10.8.